The molecule has 3 aromatic rings. The van der Waals surface area contributed by atoms with Gasteiger partial charge < -0.3 is 34.7 Å². The van der Waals surface area contributed by atoms with Crippen LogP contribution in [0.4, 0.5) is 9.59 Å². The zero-order valence-electron chi connectivity index (χ0n) is 30.9. The summed E-state index contributed by atoms with van der Waals surface area (Å²) >= 11 is 0. The van der Waals surface area contributed by atoms with Crippen molar-refractivity contribution in [2.24, 2.45) is 29.1 Å². The Morgan fingerprint density at radius 1 is 0.925 bits per heavy atom. The Bertz CT molecular complexity index is 1690. The molecule has 3 aliphatic rings. The number of hydrogen-bond donors (Lipinski definition) is 4. The molecule has 5 unspecified atom stereocenters. The Balaban J connectivity index is 1.22. The molecule has 2 bridgehead atoms. The van der Waals surface area contributed by atoms with E-state index in [9.17, 15) is 19.5 Å². The Kier molecular flexibility index (Phi) is 12.0. The summed E-state index contributed by atoms with van der Waals surface area (Å²) in [5.74, 6) is 0.101. The summed E-state index contributed by atoms with van der Waals surface area (Å²) in [4.78, 5) is 44.2. The number of carbonyl (C=O) groups is 3. The molecule has 1 aliphatic carbocycles. The van der Waals surface area contributed by atoms with Gasteiger partial charge in [0.15, 0.2) is 6.29 Å². The Morgan fingerprint density at radius 2 is 1.62 bits per heavy atom. The van der Waals surface area contributed by atoms with E-state index >= 15 is 0 Å². The summed E-state index contributed by atoms with van der Waals surface area (Å²) in [6, 6.07) is 21.3. The number of benzene rings is 2. The van der Waals surface area contributed by atoms with Crippen molar-refractivity contribution in [2.45, 2.75) is 71.2 Å². The highest BCUT2D eigenvalue weighted by Crippen LogP contribution is 2.52. The van der Waals surface area contributed by atoms with Gasteiger partial charge in [0.25, 0.3) is 5.91 Å². The molecule has 0 radical (unpaired) electrons. The number of aromatic nitrogens is 1. The van der Waals surface area contributed by atoms with Gasteiger partial charge in [0.1, 0.15) is 12.1 Å². The topological polar surface area (TPSA) is 161 Å². The number of ether oxygens (including phenoxy) is 4. The van der Waals surface area contributed by atoms with E-state index < -0.39 is 41.7 Å². The van der Waals surface area contributed by atoms with Crippen molar-refractivity contribution in [3.05, 3.63) is 90.1 Å². The highest BCUT2D eigenvalue weighted by Gasteiger charge is 2.60. The maximum atomic E-state index is 13.9. The lowest BCUT2D eigenvalue weighted by Crippen LogP contribution is -2.59. The van der Waals surface area contributed by atoms with Gasteiger partial charge >= 0.3 is 12.2 Å². The van der Waals surface area contributed by atoms with Crippen LogP contribution in [0, 0.1) is 29.1 Å². The van der Waals surface area contributed by atoms with Crippen LogP contribution in [0.2, 0.25) is 0 Å². The molecule has 1 saturated carbocycles. The summed E-state index contributed by atoms with van der Waals surface area (Å²) in [6.45, 7) is 8.72. The van der Waals surface area contributed by atoms with Crippen LogP contribution >= 0.6 is 0 Å². The molecule has 9 atom stereocenters. The van der Waals surface area contributed by atoms with Crippen molar-refractivity contribution in [1.29, 1.82) is 0 Å². The molecule has 6 rings (SSSR count). The molecule has 284 valence electrons. The molecular formula is C40H51N5O8. The van der Waals surface area contributed by atoms with Gasteiger partial charge in [0, 0.05) is 42.6 Å². The average molecular weight is 730 g/mol. The molecule has 3 fully saturated rings. The lowest BCUT2D eigenvalue weighted by Gasteiger charge is -2.35. The van der Waals surface area contributed by atoms with Crippen molar-refractivity contribution in [2.75, 3.05) is 26.9 Å². The number of hydrogen-bond acceptors (Lipinski definition) is 10. The minimum atomic E-state index is -1.17. The lowest BCUT2D eigenvalue weighted by molar-refractivity contribution is -0.183. The van der Waals surface area contributed by atoms with Gasteiger partial charge in [-0.05, 0) is 41.0 Å². The summed E-state index contributed by atoms with van der Waals surface area (Å²) in [5.41, 5.74) is 5.76. The van der Waals surface area contributed by atoms with Crippen LogP contribution in [0.15, 0.2) is 79.0 Å². The van der Waals surface area contributed by atoms with Gasteiger partial charge in [-0.2, -0.15) is 0 Å². The van der Waals surface area contributed by atoms with Crippen LogP contribution in [0.5, 0.6) is 0 Å². The van der Waals surface area contributed by atoms with Crippen LogP contribution in [0.1, 0.15) is 38.8 Å². The van der Waals surface area contributed by atoms with E-state index in [1.54, 1.807) is 11.2 Å². The quantitative estimate of drug-likeness (QED) is 0.187. The number of nitrogens with zero attached hydrogens (tertiary/aromatic N) is 2. The molecule has 4 N–H and O–H groups in total. The molecule has 1 aromatic heterocycles. The predicted octanol–water partition coefficient (Wildman–Crippen LogP) is 4.30. The third-order valence-corrected chi connectivity index (χ3v) is 10.7. The lowest BCUT2D eigenvalue weighted by atomic mass is 9.86. The summed E-state index contributed by atoms with van der Waals surface area (Å²) in [5, 5.41) is 19.1. The molecule has 2 saturated heterocycles. The fourth-order valence-electron chi connectivity index (χ4n) is 7.84. The Labute approximate surface area is 310 Å². The minimum Gasteiger partial charge on any atom is -0.453 e. The number of fused-ring (bicyclic) bond motifs is 1. The second-order valence-corrected chi connectivity index (χ2v) is 15.4. The number of methoxy groups -OCH3 is 1. The summed E-state index contributed by atoms with van der Waals surface area (Å²) < 4.78 is 22.7. The second kappa shape index (κ2) is 16.6. The number of pyridine rings is 1. The minimum absolute atomic E-state index is 0.0508. The van der Waals surface area contributed by atoms with Crippen molar-refractivity contribution in [3.63, 3.8) is 0 Å². The molecule has 0 spiro atoms. The number of carbonyl (C=O) groups excluding carboxylic acids is 3. The number of hydrazine groups is 1. The fraction of sp³-hybridized carbons (Fsp3) is 0.500. The van der Waals surface area contributed by atoms with Gasteiger partial charge in [-0.15, -0.1) is 0 Å². The molecule has 13 heteroatoms. The first-order valence-electron chi connectivity index (χ1n) is 18.2. The van der Waals surface area contributed by atoms with Crippen molar-refractivity contribution in [1.82, 2.24) is 26.1 Å². The average Bonchev–Trinajstić information content (AvgIpc) is 3.63. The first-order chi connectivity index (χ1) is 25.4. The van der Waals surface area contributed by atoms with Crippen molar-refractivity contribution >= 4 is 18.1 Å². The van der Waals surface area contributed by atoms with Crippen molar-refractivity contribution < 1.29 is 38.4 Å². The number of amides is 3. The van der Waals surface area contributed by atoms with E-state index in [0.29, 0.717) is 25.6 Å². The summed E-state index contributed by atoms with van der Waals surface area (Å²) in [6.07, 6.45) is -1.12. The second-order valence-electron chi connectivity index (χ2n) is 15.4. The monoisotopic (exact) mass is 729 g/mol. The smallest absolute Gasteiger partial charge is 0.407 e. The van der Waals surface area contributed by atoms with E-state index in [0.717, 1.165) is 22.4 Å². The van der Waals surface area contributed by atoms with Crippen LogP contribution in [0.3, 0.4) is 0 Å². The number of rotatable bonds is 13. The van der Waals surface area contributed by atoms with Gasteiger partial charge in [-0.1, -0.05) is 88.4 Å². The highest BCUT2D eigenvalue weighted by atomic mass is 16.7. The Hall–Kier alpha value is -4.56. The largest absolute Gasteiger partial charge is 0.453 e. The van der Waals surface area contributed by atoms with Gasteiger partial charge in [-0.3, -0.25) is 15.2 Å². The highest BCUT2D eigenvalue weighted by molar-refractivity contribution is 5.86. The van der Waals surface area contributed by atoms with Crippen LogP contribution < -0.4 is 16.1 Å². The van der Waals surface area contributed by atoms with Crippen molar-refractivity contribution in [3.8, 4) is 11.3 Å². The van der Waals surface area contributed by atoms with Crippen LogP contribution in [0.25, 0.3) is 11.3 Å². The predicted molar refractivity (Wildman–Crippen MR) is 196 cm³/mol. The van der Waals surface area contributed by atoms with Crippen LogP contribution in [-0.4, -0.2) is 90.6 Å². The number of aliphatic hydroxyl groups is 1. The first kappa shape index (κ1) is 38.2. The van der Waals surface area contributed by atoms with E-state index in [4.69, 9.17) is 18.9 Å². The van der Waals surface area contributed by atoms with Gasteiger partial charge in [0.2, 0.25) is 0 Å². The van der Waals surface area contributed by atoms with Crippen LogP contribution in [-0.2, 0) is 36.7 Å². The molecule has 2 aromatic carbocycles. The van der Waals surface area contributed by atoms with E-state index in [1.807, 2.05) is 93.6 Å². The summed E-state index contributed by atoms with van der Waals surface area (Å²) in [7, 11) is 1.24. The molecule has 53 heavy (non-hydrogen) atoms. The zero-order chi connectivity index (χ0) is 37.7. The Morgan fingerprint density at radius 3 is 2.28 bits per heavy atom. The van der Waals surface area contributed by atoms with Gasteiger partial charge in [-0.25, -0.2) is 14.6 Å². The number of alkyl carbamates (subject to hydrolysis) is 2. The first-order valence-corrected chi connectivity index (χ1v) is 18.2. The molecule has 13 nitrogen and oxygen atoms in total. The third-order valence-electron chi connectivity index (χ3n) is 10.7. The van der Waals surface area contributed by atoms with E-state index in [1.165, 1.54) is 7.11 Å². The maximum absolute atomic E-state index is 13.9. The third kappa shape index (κ3) is 9.15. The number of aliphatic hydroxyl groups excluding tert-OH is 1. The van der Waals surface area contributed by atoms with E-state index in [-0.39, 0.29) is 43.2 Å². The molecule has 3 amide bonds. The fourth-order valence-corrected chi connectivity index (χ4v) is 7.84. The SMILES string of the molecule is COC(=O)N[C@H](C(=O)NN(Cc1ccc(-c2ccccn2)cc1)C[C@@H](O)[C@H](Cc1ccccc1)NC(=O)OC1C2COC3OCC1[C@H](C)C32)C(C)(C)C. The van der Waals surface area contributed by atoms with E-state index in [2.05, 4.69) is 28.0 Å². The van der Waals surface area contributed by atoms with Gasteiger partial charge in [0.05, 0.1) is 38.2 Å². The molecule has 2 aliphatic heterocycles. The standard InChI is InChI=1S/C40H51N5O8/c1-24-28-22-51-37-33(24)29(23-52-37)34(28)53-39(49)42-31(19-25-11-7-6-8-12-25)32(46)21-45(44-36(47)35(40(2,3)4)43-38(48)50-5)20-26-14-16-27(17-15-26)30-13-9-10-18-41-30/h6-18,24,28-29,31-35,37,46H,19-23H2,1-5H3,(H,42,49)(H,43,48)(H,44,47)/t24-,28?,29?,31-,32+,33?,34?,35+,37?/m0/s1. The molecular weight excluding hydrogens is 678 g/mol. The normalized spacial score (nSPS) is 24.9. The maximum Gasteiger partial charge on any atom is 0.407 e. The molecule has 3 heterocycles. The number of nitrogens with one attached hydrogen (secondary N) is 3. The zero-order valence-corrected chi connectivity index (χ0v) is 30.9.